The van der Waals surface area contributed by atoms with E-state index in [4.69, 9.17) is 4.98 Å². The van der Waals surface area contributed by atoms with Gasteiger partial charge >= 0.3 is 6.03 Å². The number of aliphatic hydroxyl groups is 1. The van der Waals surface area contributed by atoms with Crippen LogP contribution in [0.3, 0.4) is 0 Å². The Morgan fingerprint density at radius 3 is 2.50 bits per heavy atom. The van der Waals surface area contributed by atoms with Crippen LogP contribution in [0.1, 0.15) is 36.8 Å². The number of carbonyl (C=O) groups is 1. The van der Waals surface area contributed by atoms with Gasteiger partial charge in [0.25, 0.3) is 0 Å². The maximum absolute atomic E-state index is 13.7. The third-order valence-electron chi connectivity index (χ3n) is 8.34. The smallest absolute Gasteiger partial charge is 0.323 e. The van der Waals surface area contributed by atoms with Crippen LogP contribution < -0.4 is 20.4 Å². The molecule has 4 aromatic rings. The molecule has 2 aliphatic rings. The summed E-state index contributed by atoms with van der Waals surface area (Å²) in [6.07, 6.45) is 10.3. The Hall–Kier alpha value is -5.02. The van der Waals surface area contributed by atoms with Crippen molar-refractivity contribution in [3.63, 3.8) is 0 Å². The van der Waals surface area contributed by atoms with Gasteiger partial charge in [0, 0.05) is 74.8 Å². The third kappa shape index (κ3) is 6.48. The molecule has 44 heavy (non-hydrogen) atoms. The van der Waals surface area contributed by atoms with Gasteiger partial charge in [0.2, 0.25) is 5.95 Å². The number of nitriles is 1. The number of rotatable bonds is 9. The van der Waals surface area contributed by atoms with E-state index < -0.39 is 0 Å². The number of carbonyl (C=O) groups excluding carboxylic acids is 1. The highest BCUT2D eigenvalue weighted by molar-refractivity contribution is 5.91. The second-order valence-corrected chi connectivity index (χ2v) is 11.5. The molecule has 1 saturated carbocycles. The summed E-state index contributed by atoms with van der Waals surface area (Å²) in [7, 11) is 1.88. The Labute approximate surface area is 256 Å². The number of hydrogen-bond donors (Lipinski definition) is 3. The fraction of sp³-hybridized carbons (Fsp3) is 0.375. The quantitative estimate of drug-likeness (QED) is 0.264. The summed E-state index contributed by atoms with van der Waals surface area (Å²) in [6, 6.07) is 15.8. The monoisotopic (exact) mass is 592 g/mol. The number of anilines is 3. The molecule has 6 rings (SSSR count). The minimum absolute atomic E-state index is 0.0329. The van der Waals surface area contributed by atoms with Crippen LogP contribution in [0.25, 0.3) is 11.1 Å². The Bertz CT molecular complexity index is 1600. The number of nitrogens with one attached hydrogen (secondary N) is 2. The van der Waals surface area contributed by atoms with Crippen molar-refractivity contribution in [2.24, 2.45) is 13.0 Å². The van der Waals surface area contributed by atoms with Gasteiger partial charge in [-0.3, -0.25) is 9.58 Å². The van der Waals surface area contributed by atoms with Crippen LogP contribution in [-0.4, -0.2) is 67.7 Å². The number of aliphatic hydroxyl groups excluding tert-OH is 1. The molecule has 12 heteroatoms. The van der Waals surface area contributed by atoms with E-state index in [0.29, 0.717) is 42.8 Å². The first-order chi connectivity index (χ1) is 21.5. The molecule has 3 N–H and O–H groups in total. The minimum Gasteiger partial charge on any atom is -0.396 e. The van der Waals surface area contributed by atoms with Crippen molar-refractivity contribution in [2.75, 3.05) is 34.8 Å². The highest BCUT2D eigenvalue weighted by Gasteiger charge is 2.32. The van der Waals surface area contributed by atoms with E-state index in [0.717, 1.165) is 42.4 Å². The van der Waals surface area contributed by atoms with Gasteiger partial charge in [-0.1, -0.05) is 30.3 Å². The van der Waals surface area contributed by atoms with Crippen LogP contribution >= 0.6 is 0 Å². The predicted octanol–water partition coefficient (Wildman–Crippen LogP) is 3.71. The van der Waals surface area contributed by atoms with Crippen molar-refractivity contribution in [1.82, 2.24) is 30.0 Å². The third-order valence-corrected chi connectivity index (χ3v) is 8.34. The van der Waals surface area contributed by atoms with Crippen molar-refractivity contribution in [3.8, 4) is 17.2 Å². The Kier molecular flexibility index (Phi) is 8.65. The number of benzene rings is 1. The molecule has 1 aliphatic carbocycles. The Balaban J connectivity index is 1.14. The molecule has 2 amide bonds. The number of amides is 2. The number of urea groups is 1. The molecule has 0 unspecified atom stereocenters. The molecule has 2 fully saturated rings. The van der Waals surface area contributed by atoms with Gasteiger partial charge in [-0.15, -0.1) is 0 Å². The van der Waals surface area contributed by atoms with Gasteiger partial charge in [-0.25, -0.2) is 14.8 Å². The van der Waals surface area contributed by atoms with Crippen LogP contribution in [0.4, 0.5) is 22.4 Å². The highest BCUT2D eigenvalue weighted by Crippen LogP contribution is 2.31. The van der Waals surface area contributed by atoms with E-state index in [1.54, 1.807) is 28.2 Å². The van der Waals surface area contributed by atoms with Crippen LogP contribution in [0, 0.1) is 17.2 Å². The number of hydrogen-bond acceptors (Lipinski definition) is 9. The van der Waals surface area contributed by atoms with Gasteiger partial charge in [0.1, 0.15) is 17.5 Å². The fourth-order valence-corrected chi connectivity index (χ4v) is 5.87. The first-order valence-corrected chi connectivity index (χ1v) is 15.0. The molecule has 1 saturated heterocycles. The Morgan fingerprint density at radius 2 is 1.84 bits per heavy atom. The molecule has 226 valence electrons. The highest BCUT2D eigenvalue weighted by atomic mass is 16.3. The van der Waals surface area contributed by atoms with Crippen LogP contribution in [0.5, 0.6) is 0 Å². The minimum atomic E-state index is -0.178. The zero-order chi connectivity index (χ0) is 30.5. The lowest BCUT2D eigenvalue weighted by atomic mass is 9.90. The summed E-state index contributed by atoms with van der Waals surface area (Å²) in [5, 5.41) is 29.7. The summed E-state index contributed by atoms with van der Waals surface area (Å²) in [6.45, 7) is 1.90. The van der Waals surface area contributed by atoms with Crippen molar-refractivity contribution >= 4 is 23.6 Å². The topological polar surface area (TPSA) is 148 Å². The lowest BCUT2D eigenvalue weighted by Crippen LogP contribution is -2.49. The average molecular weight is 593 g/mol. The standard InChI is InChI=1S/C32H36N10O2/c1-40-20-26(17-37-40)24-7-12-29(34-15-24)42(32(44)36-14-22-5-3-2-4-6-22)28-10-8-27(9-11-28)38-31-35-16-25(13-33)30(39-31)41-18-23(19-41)21-43/h2-7,12,15-17,20,23,27-28,43H,8-11,14,18-19,21H2,1H3,(H,36,44)(H,35,38,39)/t27-,28-. The molecule has 3 aromatic heterocycles. The zero-order valence-corrected chi connectivity index (χ0v) is 24.7. The van der Waals surface area contributed by atoms with E-state index in [2.05, 4.69) is 31.8 Å². The van der Waals surface area contributed by atoms with Crippen LogP contribution in [-0.2, 0) is 13.6 Å². The number of aromatic nitrogens is 5. The van der Waals surface area contributed by atoms with Crippen molar-refractivity contribution in [3.05, 3.63) is 78.4 Å². The summed E-state index contributed by atoms with van der Waals surface area (Å²) in [4.78, 5) is 31.2. The second-order valence-electron chi connectivity index (χ2n) is 11.5. The molecule has 12 nitrogen and oxygen atoms in total. The molecule has 1 aromatic carbocycles. The van der Waals surface area contributed by atoms with Crippen LogP contribution in [0.15, 0.2) is 67.3 Å². The van der Waals surface area contributed by atoms with Gasteiger partial charge in [-0.05, 0) is 43.4 Å². The predicted molar refractivity (Wildman–Crippen MR) is 167 cm³/mol. The molecule has 0 spiro atoms. The Morgan fingerprint density at radius 1 is 1.05 bits per heavy atom. The second kappa shape index (κ2) is 13.1. The molecule has 0 bridgehead atoms. The van der Waals surface area contributed by atoms with Gasteiger partial charge < -0.3 is 20.6 Å². The first kappa shape index (κ1) is 29.1. The number of aryl methyl sites for hydroxylation is 1. The first-order valence-electron chi connectivity index (χ1n) is 15.0. The molecule has 4 heterocycles. The molecule has 1 aliphatic heterocycles. The molecular weight excluding hydrogens is 556 g/mol. The van der Waals surface area contributed by atoms with Crippen molar-refractivity contribution in [1.29, 1.82) is 5.26 Å². The largest absolute Gasteiger partial charge is 0.396 e. The summed E-state index contributed by atoms with van der Waals surface area (Å²) < 4.78 is 1.75. The van der Waals surface area contributed by atoms with E-state index in [-0.39, 0.29) is 30.6 Å². The van der Waals surface area contributed by atoms with Crippen molar-refractivity contribution < 1.29 is 9.90 Å². The van der Waals surface area contributed by atoms with Crippen LogP contribution in [0.2, 0.25) is 0 Å². The molecular formula is C32H36N10O2. The summed E-state index contributed by atoms with van der Waals surface area (Å²) in [5.41, 5.74) is 3.36. The van der Waals surface area contributed by atoms with E-state index in [1.165, 1.54) is 0 Å². The fourth-order valence-electron chi connectivity index (χ4n) is 5.87. The lowest BCUT2D eigenvalue weighted by Gasteiger charge is -2.39. The molecule has 0 radical (unpaired) electrons. The lowest BCUT2D eigenvalue weighted by molar-refractivity contribution is 0.200. The number of pyridine rings is 1. The zero-order valence-electron chi connectivity index (χ0n) is 24.7. The van der Waals surface area contributed by atoms with Gasteiger partial charge in [0.15, 0.2) is 5.82 Å². The van der Waals surface area contributed by atoms with Crippen molar-refractivity contribution in [2.45, 2.75) is 44.3 Å². The van der Waals surface area contributed by atoms with Gasteiger partial charge in [-0.2, -0.15) is 15.3 Å². The summed E-state index contributed by atoms with van der Waals surface area (Å²) >= 11 is 0. The normalized spacial score (nSPS) is 18.2. The van der Waals surface area contributed by atoms with E-state index in [9.17, 15) is 15.2 Å². The maximum Gasteiger partial charge on any atom is 0.323 e. The van der Waals surface area contributed by atoms with E-state index >= 15 is 0 Å². The SMILES string of the molecule is Cn1cc(-c2ccc(N(C(=O)NCc3ccccc3)[C@H]3CC[C@H](Nc4ncc(C#N)c(N5CC(CO)C5)n4)CC3)nc2)cn1. The average Bonchev–Trinajstić information content (AvgIpc) is 3.47. The maximum atomic E-state index is 13.7. The van der Waals surface area contributed by atoms with E-state index in [1.807, 2.05) is 60.6 Å². The number of nitrogens with zero attached hydrogens (tertiary/aromatic N) is 8. The van der Waals surface area contributed by atoms with Gasteiger partial charge in [0.05, 0.1) is 12.4 Å². The summed E-state index contributed by atoms with van der Waals surface area (Å²) in [5.74, 6) is 1.90. The molecule has 0 atom stereocenters.